The highest BCUT2D eigenvalue weighted by Crippen LogP contribution is 2.17. The molecule has 0 atom stereocenters. The van der Waals surface area contributed by atoms with Crippen LogP contribution in [0.5, 0.6) is 5.75 Å². The number of ether oxygens (including phenoxy) is 1. The molecule has 0 aliphatic heterocycles. The Labute approximate surface area is 137 Å². The molecule has 0 saturated carbocycles. The summed E-state index contributed by atoms with van der Waals surface area (Å²) >= 11 is 0. The van der Waals surface area contributed by atoms with Crippen molar-refractivity contribution in [3.63, 3.8) is 0 Å². The van der Waals surface area contributed by atoms with Gasteiger partial charge >= 0.3 is 5.97 Å². The summed E-state index contributed by atoms with van der Waals surface area (Å²) in [5.74, 6) is -0.258. The Hall–Kier alpha value is -3.55. The molecule has 8 nitrogen and oxygen atoms in total. The number of tetrazole rings is 1. The zero-order chi connectivity index (χ0) is 16.9. The van der Waals surface area contributed by atoms with E-state index in [0.717, 1.165) is 5.69 Å². The molecule has 0 aliphatic carbocycles. The minimum atomic E-state index is -0.481. The maximum absolute atomic E-state index is 12.1. The van der Waals surface area contributed by atoms with E-state index in [0.29, 0.717) is 17.0 Å². The molecule has 3 aromatic rings. The SMILES string of the molecule is CC(=O)Nc1ccc(OC(=O)c2ccc(-n3cnnn3)cc2)cc1. The van der Waals surface area contributed by atoms with E-state index in [1.165, 1.54) is 17.9 Å². The molecule has 1 amide bonds. The molecule has 0 fully saturated rings. The number of nitrogens with zero attached hydrogens (tertiary/aromatic N) is 4. The summed E-state index contributed by atoms with van der Waals surface area (Å²) in [5.41, 5.74) is 1.77. The third-order valence-electron chi connectivity index (χ3n) is 3.10. The summed E-state index contributed by atoms with van der Waals surface area (Å²) < 4.78 is 6.77. The molecule has 0 aliphatic rings. The van der Waals surface area contributed by atoms with E-state index in [4.69, 9.17) is 4.74 Å². The smallest absolute Gasteiger partial charge is 0.343 e. The largest absolute Gasteiger partial charge is 0.423 e. The van der Waals surface area contributed by atoms with Crippen molar-refractivity contribution in [3.8, 4) is 11.4 Å². The van der Waals surface area contributed by atoms with Crippen LogP contribution in [0.15, 0.2) is 54.9 Å². The lowest BCUT2D eigenvalue weighted by molar-refractivity contribution is -0.114. The summed E-state index contributed by atoms with van der Waals surface area (Å²) in [6.07, 6.45) is 1.46. The van der Waals surface area contributed by atoms with Crippen LogP contribution in [0.25, 0.3) is 5.69 Å². The van der Waals surface area contributed by atoms with Crippen molar-refractivity contribution in [1.29, 1.82) is 0 Å². The molecule has 1 aromatic heterocycles. The number of aromatic nitrogens is 4. The van der Waals surface area contributed by atoms with Crippen LogP contribution in [0.1, 0.15) is 17.3 Å². The average Bonchev–Trinajstić information content (AvgIpc) is 3.11. The number of rotatable bonds is 4. The third-order valence-corrected chi connectivity index (χ3v) is 3.10. The fourth-order valence-electron chi connectivity index (χ4n) is 2.01. The number of carbonyl (C=O) groups excluding carboxylic acids is 2. The minimum absolute atomic E-state index is 0.164. The Bertz CT molecular complexity index is 842. The molecular weight excluding hydrogens is 310 g/mol. The molecule has 0 radical (unpaired) electrons. The lowest BCUT2D eigenvalue weighted by atomic mass is 10.2. The number of amides is 1. The second-order valence-electron chi connectivity index (χ2n) is 4.90. The molecule has 3 rings (SSSR count). The van der Waals surface area contributed by atoms with E-state index in [1.807, 2.05) is 0 Å². The summed E-state index contributed by atoms with van der Waals surface area (Å²) in [4.78, 5) is 23.1. The van der Waals surface area contributed by atoms with Crippen molar-refractivity contribution < 1.29 is 14.3 Å². The van der Waals surface area contributed by atoms with Gasteiger partial charge in [-0.3, -0.25) is 4.79 Å². The van der Waals surface area contributed by atoms with E-state index in [-0.39, 0.29) is 5.91 Å². The van der Waals surface area contributed by atoms with Gasteiger partial charge in [0.25, 0.3) is 0 Å². The quantitative estimate of drug-likeness (QED) is 0.581. The molecule has 0 bridgehead atoms. The van der Waals surface area contributed by atoms with Gasteiger partial charge in [0.15, 0.2) is 0 Å². The predicted octanol–water partition coefficient (Wildman–Crippen LogP) is 1.84. The maximum atomic E-state index is 12.1. The highest BCUT2D eigenvalue weighted by Gasteiger charge is 2.09. The van der Waals surface area contributed by atoms with Crippen LogP contribution in [0.4, 0.5) is 5.69 Å². The molecule has 24 heavy (non-hydrogen) atoms. The van der Waals surface area contributed by atoms with Crippen LogP contribution in [0.2, 0.25) is 0 Å². The van der Waals surface area contributed by atoms with Crippen molar-refractivity contribution >= 4 is 17.6 Å². The molecule has 8 heteroatoms. The van der Waals surface area contributed by atoms with Crippen LogP contribution in [0.3, 0.4) is 0 Å². The summed E-state index contributed by atoms with van der Waals surface area (Å²) in [6.45, 7) is 1.42. The normalized spacial score (nSPS) is 10.2. The first-order valence-corrected chi connectivity index (χ1v) is 7.05. The number of hydrogen-bond acceptors (Lipinski definition) is 6. The minimum Gasteiger partial charge on any atom is -0.423 e. The number of hydrogen-bond donors (Lipinski definition) is 1. The van der Waals surface area contributed by atoms with Gasteiger partial charge in [-0.25, -0.2) is 9.48 Å². The van der Waals surface area contributed by atoms with Crippen molar-refractivity contribution in [2.45, 2.75) is 6.92 Å². The van der Waals surface area contributed by atoms with E-state index >= 15 is 0 Å². The molecule has 0 spiro atoms. The first kappa shape index (κ1) is 15.3. The van der Waals surface area contributed by atoms with Crippen LogP contribution >= 0.6 is 0 Å². The van der Waals surface area contributed by atoms with E-state index in [9.17, 15) is 9.59 Å². The molecule has 2 aromatic carbocycles. The van der Waals surface area contributed by atoms with Crippen LogP contribution in [-0.2, 0) is 4.79 Å². The van der Waals surface area contributed by atoms with Gasteiger partial charge in [-0.05, 0) is 59.0 Å². The van der Waals surface area contributed by atoms with E-state index in [1.54, 1.807) is 48.5 Å². The maximum Gasteiger partial charge on any atom is 0.343 e. The lowest BCUT2D eigenvalue weighted by Crippen LogP contribution is -2.09. The first-order chi connectivity index (χ1) is 11.6. The molecule has 1 N–H and O–H groups in total. The lowest BCUT2D eigenvalue weighted by Gasteiger charge is -2.07. The van der Waals surface area contributed by atoms with Gasteiger partial charge in [-0.1, -0.05) is 0 Å². The van der Waals surface area contributed by atoms with Crippen molar-refractivity contribution in [3.05, 3.63) is 60.4 Å². The van der Waals surface area contributed by atoms with Crippen LogP contribution in [-0.4, -0.2) is 32.1 Å². The summed E-state index contributed by atoms with van der Waals surface area (Å²) in [7, 11) is 0. The second-order valence-corrected chi connectivity index (χ2v) is 4.90. The number of anilines is 1. The Morgan fingerprint density at radius 1 is 1.04 bits per heavy atom. The number of carbonyl (C=O) groups is 2. The Morgan fingerprint density at radius 3 is 2.33 bits per heavy atom. The molecule has 0 saturated heterocycles. The summed E-state index contributed by atoms with van der Waals surface area (Å²) in [6, 6.07) is 13.2. The summed E-state index contributed by atoms with van der Waals surface area (Å²) in [5, 5.41) is 13.5. The first-order valence-electron chi connectivity index (χ1n) is 7.05. The van der Waals surface area contributed by atoms with E-state index in [2.05, 4.69) is 20.8 Å². The Morgan fingerprint density at radius 2 is 1.75 bits per heavy atom. The van der Waals surface area contributed by atoms with Gasteiger partial charge in [0.1, 0.15) is 12.1 Å². The standard InChI is InChI=1S/C16H13N5O3/c1-11(22)18-13-4-8-15(9-5-13)24-16(23)12-2-6-14(7-3-12)21-10-17-19-20-21/h2-10H,1H3,(H,18,22). The molecule has 0 unspecified atom stereocenters. The van der Waals surface area contributed by atoms with Crippen molar-refractivity contribution in [2.24, 2.45) is 0 Å². The number of nitrogens with one attached hydrogen (secondary N) is 1. The Kier molecular flexibility index (Phi) is 4.28. The fourth-order valence-corrected chi connectivity index (χ4v) is 2.01. The van der Waals surface area contributed by atoms with Gasteiger partial charge in [0, 0.05) is 12.6 Å². The van der Waals surface area contributed by atoms with Crippen molar-refractivity contribution in [2.75, 3.05) is 5.32 Å². The zero-order valence-electron chi connectivity index (χ0n) is 12.7. The van der Waals surface area contributed by atoms with Gasteiger partial charge in [-0.2, -0.15) is 0 Å². The highest BCUT2D eigenvalue weighted by molar-refractivity contribution is 5.91. The van der Waals surface area contributed by atoms with Gasteiger partial charge in [0.05, 0.1) is 11.3 Å². The predicted molar refractivity (Wildman–Crippen MR) is 84.9 cm³/mol. The molecular formula is C16H13N5O3. The monoisotopic (exact) mass is 323 g/mol. The number of esters is 1. The van der Waals surface area contributed by atoms with Gasteiger partial charge < -0.3 is 10.1 Å². The second kappa shape index (κ2) is 6.69. The molecule has 120 valence electrons. The molecule has 1 heterocycles. The van der Waals surface area contributed by atoms with E-state index < -0.39 is 5.97 Å². The van der Waals surface area contributed by atoms with Crippen molar-refractivity contribution in [1.82, 2.24) is 20.2 Å². The fraction of sp³-hybridized carbons (Fsp3) is 0.0625. The Balaban J connectivity index is 1.67. The van der Waals surface area contributed by atoms with Gasteiger partial charge in [0.2, 0.25) is 5.91 Å². The third kappa shape index (κ3) is 3.61. The average molecular weight is 323 g/mol. The van der Waals surface area contributed by atoms with Gasteiger partial charge in [-0.15, -0.1) is 5.10 Å². The number of benzene rings is 2. The van der Waals surface area contributed by atoms with Crippen LogP contribution < -0.4 is 10.1 Å². The highest BCUT2D eigenvalue weighted by atomic mass is 16.5. The topological polar surface area (TPSA) is 99.0 Å². The van der Waals surface area contributed by atoms with Crippen LogP contribution in [0, 0.1) is 0 Å². The zero-order valence-corrected chi connectivity index (χ0v) is 12.7.